The number of hydrogen-bond donors (Lipinski definition) is 3. The van der Waals surface area contributed by atoms with Crippen LogP contribution in [0.3, 0.4) is 0 Å². The lowest BCUT2D eigenvalue weighted by atomic mass is 10.1. The highest BCUT2D eigenvalue weighted by molar-refractivity contribution is 5.85. The average molecular weight is 353 g/mol. The van der Waals surface area contributed by atoms with Crippen LogP contribution >= 0.6 is 0 Å². The molecule has 1 aliphatic carbocycles. The molecule has 2 heterocycles. The Bertz CT molecular complexity index is 864. The Morgan fingerprint density at radius 2 is 2.12 bits per heavy atom. The Balaban J connectivity index is 1.30. The first-order chi connectivity index (χ1) is 12.7. The Hall–Kier alpha value is -2.51. The summed E-state index contributed by atoms with van der Waals surface area (Å²) in [5.74, 6) is 0.800. The molecule has 0 amide bonds. The Morgan fingerprint density at radius 1 is 1.27 bits per heavy atom. The molecule has 0 bridgehead atoms. The summed E-state index contributed by atoms with van der Waals surface area (Å²) < 4.78 is 5.95. The van der Waals surface area contributed by atoms with Gasteiger partial charge in [-0.05, 0) is 31.7 Å². The summed E-state index contributed by atoms with van der Waals surface area (Å²) in [4.78, 5) is 8.48. The summed E-state index contributed by atoms with van der Waals surface area (Å²) in [5, 5.41) is 21.5. The third-order valence-corrected chi connectivity index (χ3v) is 4.93. The molecule has 136 valence electrons. The van der Waals surface area contributed by atoms with Gasteiger partial charge < -0.3 is 15.2 Å². The van der Waals surface area contributed by atoms with Gasteiger partial charge in [-0.25, -0.2) is 9.97 Å². The molecule has 7 heteroatoms. The van der Waals surface area contributed by atoms with Crippen molar-refractivity contribution in [3.63, 3.8) is 0 Å². The Labute approximate surface area is 151 Å². The first kappa shape index (κ1) is 16.9. The first-order valence-electron chi connectivity index (χ1n) is 8.96. The number of aromatic amines is 1. The summed E-state index contributed by atoms with van der Waals surface area (Å²) in [6, 6.07) is 8.21. The van der Waals surface area contributed by atoms with Crippen LogP contribution in [0.25, 0.3) is 11.0 Å². The van der Waals surface area contributed by atoms with Crippen molar-refractivity contribution in [1.29, 1.82) is 0 Å². The second kappa shape index (κ2) is 7.39. The number of H-pyrrole nitrogens is 1. The predicted octanol–water partition coefficient (Wildman–Crippen LogP) is 2.74. The maximum absolute atomic E-state index is 10.3. The van der Waals surface area contributed by atoms with E-state index in [1.807, 2.05) is 31.2 Å². The predicted molar refractivity (Wildman–Crippen MR) is 98.8 cm³/mol. The van der Waals surface area contributed by atoms with Crippen molar-refractivity contribution in [3.8, 4) is 0 Å². The zero-order valence-corrected chi connectivity index (χ0v) is 14.7. The van der Waals surface area contributed by atoms with E-state index in [-0.39, 0.29) is 6.10 Å². The SMILES string of the molecule is Cc1ccc([C@@H](O)CO[C@H]2CC[C@H](Nc3ncnc4[nH]ncc34)C2)cc1. The van der Waals surface area contributed by atoms with Gasteiger partial charge in [0.25, 0.3) is 0 Å². The van der Waals surface area contributed by atoms with Crippen molar-refractivity contribution in [2.75, 3.05) is 11.9 Å². The van der Waals surface area contributed by atoms with Gasteiger partial charge in [-0.3, -0.25) is 5.10 Å². The highest BCUT2D eigenvalue weighted by atomic mass is 16.5. The molecule has 3 aromatic rings. The van der Waals surface area contributed by atoms with Crippen LogP contribution < -0.4 is 5.32 Å². The number of hydrogen-bond acceptors (Lipinski definition) is 6. The molecule has 0 radical (unpaired) electrons. The van der Waals surface area contributed by atoms with E-state index in [1.54, 1.807) is 6.20 Å². The number of ether oxygens (including phenoxy) is 1. The maximum atomic E-state index is 10.3. The van der Waals surface area contributed by atoms with Gasteiger partial charge in [-0.1, -0.05) is 29.8 Å². The van der Waals surface area contributed by atoms with Crippen molar-refractivity contribution in [2.24, 2.45) is 0 Å². The van der Waals surface area contributed by atoms with Gasteiger partial charge in [0.05, 0.1) is 24.3 Å². The van der Waals surface area contributed by atoms with E-state index in [9.17, 15) is 5.11 Å². The first-order valence-corrected chi connectivity index (χ1v) is 8.96. The van der Waals surface area contributed by atoms with E-state index in [1.165, 1.54) is 11.9 Å². The van der Waals surface area contributed by atoms with Gasteiger partial charge in [-0.15, -0.1) is 0 Å². The number of aliphatic hydroxyl groups is 1. The van der Waals surface area contributed by atoms with Gasteiger partial charge >= 0.3 is 0 Å². The zero-order chi connectivity index (χ0) is 17.9. The third kappa shape index (κ3) is 3.68. The molecule has 1 saturated carbocycles. The molecule has 3 atom stereocenters. The zero-order valence-electron chi connectivity index (χ0n) is 14.7. The van der Waals surface area contributed by atoms with Crippen LogP contribution in [0.1, 0.15) is 36.5 Å². The van der Waals surface area contributed by atoms with E-state index in [0.29, 0.717) is 12.6 Å². The van der Waals surface area contributed by atoms with Crippen molar-refractivity contribution in [3.05, 3.63) is 47.9 Å². The largest absolute Gasteiger partial charge is 0.386 e. The lowest BCUT2D eigenvalue weighted by Crippen LogP contribution is -2.20. The lowest BCUT2D eigenvalue weighted by Gasteiger charge is -2.17. The molecule has 1 aliphatic rings. The standard InChI is InChI=1S/C19H23N5O2/c1-12-2-4-13(5-3-12)17(25)10-26-15-7-6-14(8-15)23-18-16-9-22-24-19(16)21-11-20-18/h2-5,9,11,14-15,17,25H,6-8,10H2,1H3,(H2,20,21,22,23,24)/t14-,15-,17-/m0/s1. The summed E-state index contributed by atoms with van der Waals surface area (Å²) in [6.07, 6.45) is 5.70. The number of benzene rings is 1. The minimum absolute atomic E-state index is 0.147. The molecule has 0 aliphatic heterocycles. The highest BCUT2D eigenvalue weighted by Crippen LogP contribution is 2.27. The molecule has 26 heavy (non-hydrogen) atoms. The quantitative estimate of drug-likeness (QED) is 0.631. The minimum atomic E-state index is -0.588. The van der Waals surface area contributed by atoms with Gasteiger partial charge in [-0.2, -0.15) is 5.10 Å². The number of aliphatic hydroxyl groups excluding tert-OH is 1. The molecule has 7 nitrogen and oxygen atoms in total. The molecule has 0 unspecified atom stereocenters. The van der Waals surface area contributed by atoms with Gasteiger partial charge in [0.2, 0.25) is 0 Å². The Kier molecular flexibility index (Phi) is 4.81. The minimum Gasteiger partial charge on any atom is -0.386 e. The van der Waals surface area contributed by atoms with Crippen molar-refractivity contribution < 1.29 is 9.84 Å². The molecule has 1 aromatic carbocycles. The van der Waals surface area contributed by atoms with Crippen molar-refractivity contribution in [2.45, 2.75) is 44.4 Å². The summed E-state index contributed by atoms with van der Waals surface area (Å²) >= 11 is 0. The topological polar surface area (TPSA) is 96.0 Å². The van der Waals surface area contributed by atoms with Crippen LogP contribution in [0.2, 0.25) is 0 Å². The molecular formula is C19H23N5O2. The van der Waals surface area contributed by atoms with Gasteiger partial charge in [0, 0.05) is 6.04 Å². The molecule has 1 fully saturated rings. The number of anilines is 1. The third-order valence-electron chi connectivity index (χ3n) is 4.93. The number of nitrogens with zero attached hydrogens (tertiary/aromatic N) is 3. The smallest absolute Gasteiger partial charge is 0.160 e. The fourth-order valence-electron chi connectivity index (χ4n) is 3.41. The second-order valence-electron chi connectivity index (χ2n) is 6.89. The molecule has 0 spiro atoms. The summed E-state index contributed by atoms with van der Waals surface area (Å²) in [6.45, 7) is 2.35. The summed E-state index contributed by atoms with van der Waals surface area (Å²) in [7, 11) is 0. The molecule has 4 rings (SSSR count). The highest BCUT2D eigenvalue weighted by Gasteiger charge is 2.26. The van der Waals surface area contributed by atoms with E-state index >= 15 is 0 Å². The van der Waals surface area contributed by atoms with Crippen LogP contribution in [0.15, 0.2) is 36.8 Å². The van der Waals surface area contributed by atoms with E-state index in [2.05, 4.69) is 25.5 Å². The van der Waals surface area contributed by atoms with Crippen LogP contribution in [0.4, 0.5) is 5.82 Å². The molecule has 3 N–H and O–H groups in total. The summed E-state index contributed by atoms with van der Waals surface area (Å²) in [5.41, 5.74) is 2.81. The molecule has 0 saturated heterocycles. The van der Waals surface area contributed by atoms with E-state index < -0.39 is 6.10 Å². The number of aryl methyl sites for hydroxylation is 1. The van der Waals surface area contributed by atoms with Gasteiger partial charge in [0.1, 0.15) is 18.2 Å². The number of aromatic nitrogens is 4. The average Bonchev–Trinajstić information content (AvgIpc) is 3.30. The monoisotopic (exact) mass is 353 g/mol. The lowest BCUT2D eigenvalue weighted by molar-refractivity contribution is -0.00729. The van der Waals surface area contributed by atoms with E-state index in [0.717, 1.165) is 41.7 Å². The van der Waals surface area contributed by atoms with Gasteiger partial charge in [0.15, 0.2) is 5.65 Å². The second-order valence-corrected chi connectivity index (χ2v) is 6.89. The number of rotatable bonds is 6. The number of fused-ring (bicyclic) bond motifs is 1. The van der Waals surface area contributed by atoms with E-state index in [4.69, 9.17) is 4.74 Å². The maximum Gasteiger partial charge on any atom is 0.160 e. The van der Waals surface area contributed by atoms with Crippen molar-refractivity contribution in [1.82, 2.24) is 20.2 Å². The van der Waals surface area contributed by atoms with Crippen LogP contribution in [-0.4, -0.2) is 44.0 Å². The Morgan fingerprint density at radius 3 is 2.96 bits per heavy atom. The van der Waals surface area contributed by atoms with Crippen LogP contribution in [-0.2, 0) is 4.74 Å². The van der Waals surface area contributed by atoms with Crippen molar-refractivity contribution >= 4 is 16.9 Å². The fourth-order valence-corrected chi connectivity index (χ4v) is 3.41. The number of nitrogens with one attached hydrogen (secondary N) is 2. The normalized spacial score (nSPS) is 21.2. The van der Waals surface area contributed by atoms with Crippen LogP contribution in [0, 0.1) is 6.92 Å². The molecule has 2 aromatic heterocycles. The van der Waals surface area contributed by atoms with Crippen LogP contribution in [0.5, 0.6) is 0 Å². The fraction of sp³-hybridized carbons (Fsp3) is 0.421. The molecular weight excluding hydrogens is 330 g/mol.